The highest BCUT2D eigenvalue weighted by molar-refractivity contribution is 7.80. The van der Waals surface area contributed by atoms with Crippen molar-refractivity contribution in [2.75, 3.05) is 13.2 Å². The Morgan fingerprint density at radius 1 is 0.606 bits per heavy atom. The summed E-state index contributed by atoms with van der Waals surface area (Å²) in [6, 6.07) is -1.12. The van der Waals surface area contributed by atoms with Gasteiger partial charge in [-0.3, -0.25) is 9.35 Å². The van der Waals surface area contributed by atoms with Crippen LogP contribution in [-0.2, 0) is 28.9 Å². The lowest BCUT2D eigenvalue weighted by Crippen LogP contribution is -2.61. The van der Waals surface area contributed by atoms with Gasteiger partial charge in [-0.05, 0) is 19.3 Å². The fourth-order valence-corrected chi connectivity index (χ4v) is 9.38. The van der Waals surface area contributed by atoms with Crippen LogP contribution in [0.15, 0.2) is 12.2 Å². The Hall–Kier alpha value is -1.20. The molecule has 0 radical (unpaired) electrons. The zero-order valence-corrected chi connectivity index (χ0v) is 42.7. The quantitative estimate of drug-likeness (QED) is 0.0172. The number of aliphatic hydroxyl groups excluding tert-OH is 5. The van der Waals surface area contributed by atoms with Gasteiger partial charge >= 0.3 is 10.4 Å². The van der Waals surface area contributed by atoms with Crippen molar-refractivity contribution in [3.8, 4) is 0 Å². The molecule has 1 fully saturated rings. The van der Waals surface area contributed by atoms with E-state index in [1.165, 1.54) is 180 Å². The molecule has 66 heavy (non-hydrogen) atoms. The summed E-state index contributed by atoms with van der Waals surface area (Å²) in [5.74, 6) is -0.697. The molecule has 0 aliphatic carbocycles. The number of aliphatic hydroxyl groups is 5. The first-order chi connectivity index (χ1) is 31.9. The van der Waals surface area contributed by atoms with Crippen molar-refractivity contribution in [2.45, 2.75) is 300 Å². The Morgan fingerprint density at radius 3 is 1.36 bits per heavy atom. The molecule has 14 heteroatoms. The summed E-state index contributed by atoms with van der Waals surface area (Å²) >= 11 is 0. The Morgan fingerprint density at radius 2 is 0.985 bits per heavy atom. The summed E-state index contributed by atoms with van der Waals surface area (Å²) in [6.45, 7) is 3.25. The van der Waals surface area contributed by atoms with Crippen LogP contribution in [0, 0.1) is 0 Å². The van der Waals surface area contributed by atoms with Gasteiger partial charge in [0.05, 0.1) is 25.4 Å². The maximum Gasteiger partial charge on any atom is 0.397 e. The minimum Gasteiger partial charge on any atom is -0.394 e. The van der Waals surface area contributed by atoms with Crippen molar-refractivity contribution in [1.29, 1.82) is 0 Å². The van der Waals surface area contributed by atoms with Gasteiger partial charge in [-0.15, -0.1) is 0 Å². The number of rotatable bonds is 47. The fraction of sp³-hybridized carbons (Fsp3) is 0.942. The summed E-state index contributed by atoms with van der Waals surface area (Å²) in [7, 11) is -5.12. The number of unbranched alkanes of at least 4 members (excludes halogenated alkanes) is 34. The predicted molar refractivity (Wildman–Crippen MR) is 265 cm³/mol. The normalized spacial score (nSPS) is 20.5. The molecule has 1 saturated heterocycles. The van der Waals surface area contributed by atoms with Crippen molar-refractivity contribution < 1.29 is 57.0 Å². The van der Waals surface area contributed by atoms with Crippen LogP contribution in [0.2, 0.25) is 0 Å². The second kappa shape index (κ2) is 42.7. The molecular formula is C52H101NO12S. The number of nitrogens with one attached hydrogen (secondary N) is 1. The summed E-state index contributed by atoms with van der Waals surface area (Å²) < 4.78 is 47.7. The fourth-order valence-electron chi connectivity index (χ4n) is 8.88. The molecule has 1 aliphatic heterocycles. The van der Waals surface area contributed by atoms with Crippen molar-refractivity contribution in [2.24, 2.45) is 0 Å². The molecule has 0 aromatic carbocycles. The average molecular weight is 964 g/mol. The van der Waals surface area contributed by atoms with Crippen LogP contribution in [0.3, 0.4) is 0 Å². The molecule has 1 heterocycles. The van der Waals surface area contributed by atoms with Gasteiger partial charge in [0.2, 0.25) is 5.91 Å². The molecule has 0 bridgehead atoms. The van der Waals surface area contributed by atoms with Gasteiger partial charge in [-0.25, -0.2) is 4.18 Å². The highest BCUT2D eigenvalue weighted by atomic mass is 32.3. The lowest BCUT2D eigenvalue weighted by molar-refractivity contribution is -0.298. The Bertz CT molecular complexity index is 1240. The van der Waals surface area contributed by atoms with Crippen LogP contribution in [0.4, 0.5) is 0 Å². The van der Waals surface area contributed by atoms with E-state index in [4.69, 9.17) is 9.47 Å². The van der Waals surface area contributed by atoms with Crippen LogP contribution in [0.25, 0.3) is 0 Å². The summed E-state index contributed by atoms with van der Waals surface area (Å²) in [6.07, 6.45) is 37.2. The summed E-state index contributed by atoms with van der Waals surface area (Å²) in [5.41, 5.74) is 0. The lowest BCUT2D eigenvalue weighted by atomic mass is 9.99. The lowest BCUT2D eigenvalue weighted by Gasteiger charge is -2.41. The first-order valence-electron chi connectivity index (χ1n) is 27.2. The number of carbonyl (C=O) groups is 1. The van der Waals surface area contributed by atoms with Gasteiger partial charge in [0, 0.05) is 0 Å². The monoisotopic (exact) mass is 964 g/mol. The topological polar surface area (TPSA) is 212 Å². The first-order valence-corrected chi connectivity index (χ1v) is 28.5. The highest BCUT2D eigenvalue weighted by Gasteiger charge is 2.48. The maximum absolute atomic E-state index is 13.2. The van der Waals surface area contributed by atoms with E-state index >= 15 is 0 Å². The Kier molecular flexibility index (Phi) is 40.6. The minimum absolute atomic E-state index is 0.249. The molecule has 1 amide bonds. The largest absolute Gasteiger partial charge is 0.397 e. The molecule has 7 N–H and O–H groups in total. The molecule has 8 atom stereocenters. The molecule has 0 spiro atoms. The van der Waals surface area contributed by atoms with E-state index in [0.29, 0.717) is 12.8 Å². The van der Waals surface area contributed by atoms with Crippen LogP contribution in [0.5, 0.6) is 0 Å². The SMILES string of the molecule is CCCCCCCCCCCCCCC/C=C/C(O)C(COC1OC(CO)C(O)C(OS(=O)(=O)O)C1O)NC(=O)C(O)CCCCCCCCCCCCCCCCCCCCCCCC. The molecule has 0 aromatic rings. The molecule has 8 unspecified atom stereocenters. The molecular weight excluding hydrogens is 863 g/mol. The van der Waals surface area contributed by atoms with Gasteiger partial charge < -0.3 is 40.3 Å². The van der Waals surface area contributed by atoms with E-state index in [1.807, 2.05) is 6.08 Å². The van der Waals surface area contributed by atoms with Crippen LogP contribution >= 0.6 is 0 Å². The third-order valence-electron chi connectivity index (χ3n) is 13.2. The summed E-state index contributed by atoms with van der Waals surface area (Å²) in [5, 5.41) is 55.4. The number of hydrogen-bond acceptors (Lipinski definition) is 11. The zero-order valence-electron chi connectivity index (χ0n) is 41.9. The van der Waals surface area contributed by atoms with Gasteiger partial charge in [0.1, 0.15) is 30.5 Å². The molecule has 392 valence electrons. The number of hydrogen-bond donors (Lipinski definition) is 7. The van der Waals surface area contributed by atoms with Gasteiger partial charge in [0.25, 0.3) is 0 Å². The van der Waals surface area contributed by atoms with Crippen LogP contribution in [0.1, 0.15) is 251 Å². The van der Waals surface area contributed by atoms with Crippen LogP contribution in [-0.4, -0.2) is 107 Å². The zero-order chi connectivity index (χ0) is 48.5. The van der Waals surface area contributed by atoms with E-state index in [0.717, 1.165) is 38.5 Å². The molecule has 13 nitrogen and oxygen atoms in total. The Labute approximate surface area is 403 Å². The number of carbonyl (C=O) groups excluding carboxylic acids is 1. The van der Waals surface area contributed by atoms with Crippen LogP contribution < -0.4 is 5.32 Å². The van der Waals surface area contributed by atoms with Crippen molar-refractivity contribution in [3.05, 3.63) is 12.2 Å². The van der Waals surface area contributed by atoms with Gasteiger partial charge in [-0.2, -0.15) is 8.42 Å². The number of ether oxygens (including phenoxy) is 2. The average Bonchev–Trinajstić information content (AvgIpc) is 3.29. The second-order valence-corrected chi connectivity index (χ2v) is 20.4. The highest BCUT2D eigenvalue weighted by Crippen LogP contribution is 2.26. The summed E-state index contributed by atoms with van der Waals surface area (Å²) in [4.78, 5) is 13.2. The van der Waals surface area contributed by atoms with Crippen molar-refractivity contribution in [3.63, 3.8) is 0 Å². The second-order valence-electron chi connectivity index (χ2n) is 19.3. The van der Waals surface area contributed by atoms with E-state index in [1.54, 1.807) is 6.08 Å². The minimum atomic E-state index is -5.12. The number of allylic oxidation sites excluding steroid dienone is 1. The van der Waals surface area contributed by atoms with E-state index < -0.39 is 78.5 Å². The molecule has 0 saturated carbocycles. The maximum atomic E-state index is 13.2. The number of amides is 1. The van der Waals surface area contributed by atoms with Crippen molar-refractivity contribution >= 4 is 16.3 Å². The third-order valence-corrected chi connectivity index (χ3v) is 13.6. The van der Waals surface area contributed by atoms with E-state index in [9.17, 15) is 43.3 Å². The molecule has 1 aliphatic rings. The van der Waals surface area contributed by atoms with E-state index in [-0.39, 0.29) is 6.42 Å². The molecule has 0 aromatic heterocycles. The van der Waals surface area contributed by atoms with E-state index in [2.05, 4.69) is 23.3 Å². The van der Waals surface area contributed by atoms with Gasteiger partial charge in [-0.1, -0.05) is 244 Å². The van der Waals surface area contributed by atoms with Gasteiger partial charge in [0.15, 0.2) is 6.29 Å². The first kappa shape index (κ1) is 62.8. The Balaban J connectivity index is 2.44. The smallest absolute Gasteiger partial charge is 0.394 e. The standard InChI is InChI=1S/C52H101NO12S/c1-3-5-7-9-11-13-15-17-19-20-21-22-23-24-25-27-29-31-33-35-37-39-41-46(56)51(59)53-44(43-63-52-49(58)50(65-66(60,61)62)48(57)47(42-54)64-52)45(55)40-38-36-34-32-30-28-26-18-16-14-12-10-8-6-4-2/h38,40,44-50,52,54-58H,3-37,39,41-43H2,1-2H3,(H,53,59)(H,60,61,62)/b40-38+. The van der Waals surface area contributed by atoms with Crippen molar-refractivity contribution in [1.82, 2.24) is 5.32 Å². The third kappa shape index (κ3) is 34.2. The molecule has 1 rings (SSSR count). The predicted octanol–water partition coefficient (Wildman–Crippen LogP) is 10.9.